The lowest BCUT2D eigenvalue weighted by Gasteiger charge is -2.32. The number of aliphatic hydroxyl groups is 1. The Morgan fingerprint density at radius 3 is 2.74 bits per heavy atom. The van der Waals surface area contributed by atoms with Crippen molar-refractivity contribution in [3.63, 3.8) is 0 Å². The number of sulfonamides is 1. The van der Waals surface area contributed by atoms with Gasteiger partial charge in [-0.2, -0.15) is 0 Å². The molecule has 148 valence electrons. The molecular formula is C18H27N5O3S. The molecule has 1 saturated heterocycles. The number of rotatable bonds is 7. The summed E-state index contributed by atoms with van der Waals surface area (Å²) in [5.41, 5.74) is 0.934. The van der Waals surface area contributed by atoms with E-state index < -0.39 is 16.1 Å². The Balaban J connectivity index is 1.53. The number of nitrogens with one attached hydrogen (secondary N) is 2. The number of hydrogen-bond donors (Lipinski definition) is 3. The third-order valence-corrected chi connectivity index (χ3v) is 5.50. The molecule has 0 spiro atoms. The standard InChI is InChI=1S/C18H27N5O3S/c1-27(25,26)22-15-7-9-23(10-8-15)18-11-17(20-13-21-18)19-12-16(24)14-5-3-2-4-6-14/h3,5-6,11,13,15-16,22,24H,2,4,7-10,12H2,1H3,(H,19,20,21). The average molecular weight is 394 g/mol. The number of aliphatic hydroxyl groups excluding tert-OH is 1. The molecule has 8 nitrogen and oxygen atoms in total. The van der Waals surface area contributed by atoms with Crippen LogP contribution in [0.2, 0.25) is 0 Å². The molecule has 1 aromatic heterocycles. The first-order valence-corrected chi connectivity index (χ1v) is 11.1. The van der Waals surface area contributed by atoms with Crippen molar-refractivity contribution in [1.29, 1.82) is 0 Å². The van der Waals surface area contributed by atoms with Gasteiger partial charge in [-0.15, -0.1) is 0 Å². The topological polar surface area (TPSA) is 107 Å². The minimum atomic E-state index is -3.17. The second kappa shape index (κ2) is 8.81. The van der Waals surface area contributed by atoms with E-state index in [2.05, 4.69) is 37.1 Å². The van der Waals surface area contributed by atoms with Crippen LogP contribution in [0.25, 0.3) is 0 Å². The molecule has 1 aliphatic heterocycles. The molecule has 0 bridgehead atoms. The highest BCUT2D eigenvalue weighted by Gasteiger charge is 2.22. The SMILES string of the molecule is CS(=O)(=O)NC1CCN(c2cc(NCC(O)C3=CCCC=C3)ncn2)CC1. The molecule has 0 radical (unpaired) electrons. The quantitative estimate of drug-likeness (QED) is 0.635. The van der Waals surface area contributed by atoms with Gasteiger partial charge in [0.1, 0.15) is 18.0 Å². The third-order valence-electron chi connectivity index (χ3n) is 4.74. The summed E-state index contributed by atoms with van der Waals surface area (Å²) in [5, 5.41) is 13.5. The van der Waals surface area contributed by atoms with Crippen LogP contribution >= 0.6 is 0 Å². The smallest absolute Gasteiger partial charge is 0.208 e. The molecule has 27 heavy (non-hydrogen) atoms. The van der Waals surface area contributed by atoms with Crippen molar-refractivity contribution >= 4 is 21.7 Å². The number of nitrogens with zero attached hydrogens (tertiary/aromatic N) is 3. The summed E-state index contributed by atoms with van der Waals surface area (Å²) in [5.74, 6) is 1.47. The van der Waals surface area contributed by atoms with Crippen molar-refractivity contribution in [2.75, 3.05) is 36.1 Å². The molecule has 1 aliphatic carbocycles. The summed E-state index contributed by atoms with van der Waals surface area (Å²) >= 11 is 0. The average Bonchev–Trinajstić information content (AvgIpc) is 2.66. The van der Waals surface area contributed by atoms with Gasteiger partial charge < -0.3 is 15.3 Å². The summed E-state index contributed by atoms with van der Waals surface area (Å²) in [7, 11) is -3.17. The van der Waals surface area contributed by atoms with E-state index in [1.807, 2.05) is 12.1 Å². The van der Waals surface area contributed by atoms with Gasteiger partial charge >= 0.3 is 0 Å². The van der Waals surface area contributed by atoms with Gasteiger partial charge in [-0.3, -0.25) is 0 Å². The minimum absolute atomic E-state index is 0.0253. The lowest BCUT2D eigenvalue weighted by Crippen LogP contribution is -2.44. The highest BCUT2D eigenvalue weighted by atomic mass is 32.2. The maximum atomic E-state index is 11.4. The Morgan fingerprint density at radius 1 is 1.30 bits per heavy atom. The van der Waals surface area contributed by atoms with Crippen LogP contribution < -0.4 is 14.9 Å². The van der Waals surface area contributed by atoms with E-state index in [1.165, 1.54) is 12.6 Å². The summed E-state index contributed by atoms with van der Waals surface area (Å²) in [6.07, 6.45) is 11.7. The summed E-state index contributed by atoms with van der Waals surface area (Å²) in [6.45, 7) is 1.83. The van der Waals surface area contributed by atoms with Crippen molar-refractivity contribution in [1.82, 2.24) is 14.7 Å². The summed E-state index contributed by atoms with van der Waals surface area (Å²) < 4.78 is 25.4. The zero-order valence-electron chi connectivity index (χ0n) is 15.5. The van der Waals surface area contributed by atoms with Crippen LogP contribution in [0.5, 0.6) is 0 Å². The first kappa shape index (κ1) is 19.8. The third kappa shape index (κ3) is 6.02. The predicted octanol–water partition coefficient (Wildman–Crippen LogP) is 1.04. The maximum Gasteiger partial charge on any atom is 0.208 e. The Kier molecular flexibility index (Phi) is 6.46. The molecule has 2 heterocycles. The highest BCUT2D eigenvalue weighted by Crippen LogP contribution is 2.20. The number of hydrogen-bond acceptors (Lipinski definition) is 7. The van der Waals surface area contributed by atoms with Crippen molar-refractivity contribution < 1.29 is 13.5 Å². The first-order chi connectivity index (χ1) is 12.9. The Labute approximate surface area is 160 Å². The molecule has 0 saturated carbocycles. The van der Waals surface area contributed by atoms with E-state index >= 15 is 0 Å². The normalized spacial score (nSPS) is 19.6. The molecule has 1 fully saturated rings. The fourth-order valence-corrected chi connectivity index (χ4v) is 4.19. The summed E-state index contributed by atoms with van der Waals surface area (Å²) in [6, 6.07) is 1.84. The van der Waals surface area contributed by atoms with E-state index in [-0.39, 0.29) is 6.04 Å². The van der Waals surface area contributed by atoms with E-state index in [9.17, 15) is 13.5 Å². The Hall–Kier alpha value is -1.97. The largest absolute Gasteiger partial charge is 0.387 e. The maximum absolute atomic E-state index is 11.4. The van der Waals surface area contributed by atoms with E-state index in [0.717, 1.165) is 50.2 Å². The van der Waals surface area contributed by atoms with E-state index in [4.69, 9.17) is 0 Å². The molecule has 1 unspecified atom stereocenters. The Morgan fingerprint density at radius 2 is 2.07 bits per heavy atom. The van der Waals surface area contributed by atoms with Crippen LogP contribution in [-0.2, 0) is 10.0 Å². The predicted molar refractivity (Wildman–Crippen MR) is 106 cm³/mol. The van der Waals surface area contributed by atoms with Crippen LogP contribution in [0.3, 0.4) is 0 Å². The lowest BCUT2D eigenvalue weighted by atomic mass is 10.0. The van der Waals surface area contributed by atoms with Crippen molar-refractivity contribution in [2.24, 2.45) is 0 Å². The molecule has 1 aromatic rings. The van der Waals surface area contributed by atoms with Gasteiger partial charge in [-0.05, 0) is 31.3 Å². The van der Waals surface area contributed by atoms with Crippen LogP contribution in [0.15, 0.2) is 36.2 Å². The van der Waals surface area contributed by atoms with Crippen LogP contribution in [-0.4, -0.2) is 61.5 Å². The fraction of sp³-hybridized carbons (Fsp3) is 0.556. The van der Waals surface area contributed by atoms with Gasteiger partial charge in [0.2, 0.25) is 10.0 Å². The Bertz CT molecular complexity index is 801. The van der Waals surface area contributed by atoms with Crippen LogP contribution in [0, 0.1) is 0 Å². The molecule has 0 aromatic carbocycles. The minimum Gasteiger partial charge on any atom is -0.387 e. The molecule has 2 aliphatic rings. The fourth-order valence-electron chi connectivity index (χ4n) is 3.35. The molecule has 3 N–H and O–H groups in total. The zero-order valence-corrected chi connectivity index (χ0v) is 16.3. The van der Waals surface area contributed by atoms with Gasteiger partial charge in [0.15, 0.2) is 0 Å². The molecule has 1 atom stereocenters. The second-order valence-corrected chi connectivity index (χ2v) is 8.77. The van der Waals surface area contributed by atoms with Crippen LogP contribution in [0.1, 0.15) is 25.7 Å². The van der Waals surface area contributed by atoms with Gasteiger partial charge in [-0.1, -0.05) is 18.2 Å². The molecular weight excluding hydrogens is 366 g/mol. The first-order valence-electron chi connectivity index (χ1n) is 9.23. The highest BCUT2D eigenvalue weighted by molar-refractivity contribution is 7.88. The number of allylic oxidation sites excluding steroid dienone is 2. The zero-order chi connectivity index (χ0) is 19.3. The van der Waals surface area contributed by atoms with E-state index in [0.29, 0.717) is 12.4 Å². The van der Waals surface area contributed by atoms with E-state index in [1.54, 1.807) is 0 Å². The number of anilines is 2. The molecule has 0 amide bonds. The summed E-state index contributed by atoms with van der Waals surface area (Å²) in [4.78, 5) is 10.7. The van der Waals surface area contributed by atoms with Gasteiger partial charge in [-0.25, -0.2) is 23.1 Å². The van der Waals surface area contributed by atoms with Crippen molar-refractivity contribution in [3.8, 4) is 0 Å². The second-order valence-electron chi connectivity index (χ2n) is 6.99. The molecule has 3 rings (SSSR count). The number of aromatic nitrogens is 2. The van der Waals surface area contributed by atoms with Crippen molar-refractivity contribution in [3.05, 3.63) is 36.2 Å². The van der Waals surface area contributed by atoms with Gasteiger partial charge in [0.25, 0.3) is 0 Å². The molecule has 9 heteroatoms. The monoisotopic (exact) mass is 393 g/mol. The number of piperidine rings is 1. The van der Waals surface area contributed by atoms with Gasteiger partial charge in [0, 0.05) is 31.7 Å². The van der Waals surface area contributed by atoms with Crippen molar-refractivity contribution in [2.45, 2.75) is 37.8 Å². The lowest BCUT2D eigenvalue weighted by molar-refractivity contribution is 0.227. The van der Waals surface area contributed by atoms with Crippen LogP contribution in [0.4, 0.5) is 11.6 Å². The van der Waals surface area contributed by atoms with Gasteiger partial charge in [0.05, 0.1) is 12.4 Å².